The van der Waals surface area contributed by atoms with Gasteiger partial charge < -0.3 is 14.8 Å². The summed E-state index contributed by atoms with van der Waals surface area (Å²) in [5.41, 5.74) is 3.78. The standard InChI is InChI=1S/C17H20N4O2/c1-12(22)8-16-17(15-6-7-19-20(15)2)18-11-21(16)10-13-4-3-5-14(23)9-13/h3-6,9,11-12,22H,7-8,10H2,1-2H3/p+1. The van der Waals surface area contributed by atoms with Gasteiger partial charge in [0.1, 0.15) is 12.3 Å². The Hall–Kier alpha value is -2.47. The first kappa shape index (κ1) is 15.4. The van der Waals surface area contributed by atoms with Crippen LogP contribution in [-0.4, -0.2) is 44.2 Å². The largest absolute Gasteiger partial charge is 0.508 e. The number of nitrogens with zero attached hydrogens (tertiary/aromatic N) is 4. The molecule has 0 fully saturated rings. The number of aromatic hydroxyl groups is 1. The molecule has 2 heterocycles. The fourth-order valence-electron chi connectivity index (χ4n) is 2.81. The highest BCUT2D eigenvalue weighted by Gasteiger charge is 2.26. The maximum atomic E-state index is 9.85. The van der Waals surface area contributed by atoms with Gasteiger partial charge in [-0.1, -0.05) is 16.8 Å². The van der Waals surface area contributed by atoms with Crippen LogP contribution in [0.4, 0.5) is 0 Å². The zero-order valence-corrected chi connectivity index (χ0v) is 13.3. The first-order valence-electron chi connectivity index (χ1n) is 7.66. The van der Waals surface area contributed by atoms with E-state index in [2.05, 4.69) is 10.1 Å². The summed E-state index contributed by atoms with van der Waals surface area (Å²) in [5, 5.41) is 23.8. The predicted octanol–water partition coefficient (Wildman–Crippen LogP) is 2.01. The van der Waals surface area contributed by atoms with Crippen LogP contribution < -0.4 is 0 Å². The predicted molar refractivity (Wildman–Crippen MR) is 86.3 cm³/mol. The molecular formula is C17H21N4O2+. The van der Waals surface area contributed by atoms with Gasteiger partial charge in [0.2, 0.25) is 0 Å². The molecule has 1 aromatic heterocycles. The number of aliphatic hydroxyl groups is 1. The molecule has 0 spiro atoms. The maximum Gasteiger partial charge on any atom is 0.256 e. The van der Waals surface area contributed by atoms with Gasteiger partial charge in [0.15, 0.2) is 12.7 Å². The molecule has 2 N–H and O–H groups in total. The van der Waals surface area contributed by atoms with Crippen LogP contribution in [0, 0.1) is 0 Å². The molecule has 23 heavy (non-hydrogen) atoms. The van der Waals surface area contributed by atoms with Gasteiger partial charge in [-0.15, -0.1) is 0 Å². The lowest BCUT2D eigenvalue weighted by Crippen LogP contribution is -2.13. The van der Waals surface area contributed by atoms with E-state index in [0.717, 1.165) is 22.6 Å². The lowest BCUT2D eigenvalue weighted by molar-refractivity contribution is -0.467. The number of phenolic OH excluding ortho intramolecular Hbond substituents is 1. The molecule has 0 saturated heterocycles. The van der Waals surface area contributed by atoms with Crippen LogP contribution in [-0.2, 0) is 13.0 Å². The van der Waals surface area contributed by atoms with Gasteiger partial charge in [0.25, 0.3) is 5.70 Å². The Balaban J connectivity index is 1.97. The first-order chi connectivity index (χ1) is 11.0. The Morgan fingerprint density at radius 3 is 2.87 bits per heavy atom. The van der Waals surface area contributed by atoms with Crippen molar-refractivity contribution >= 4 is 5.70 Å². The molecule has 3 rings (SSSR count). The molecular weight excluding hydrogens is 292 g/mol. The van der Waals surface area contributed by atoms with Crippen molar-refractivity contribution in [3.8, 4) is 5.75 Å². The highest BCUT2D eigenvalue weighted by Crippen LogP contribution is 2.24. The second-order valence-electron chi connectivity index (χ2n) is 5.83. The van der Waals surface area contributed by atoms with E-state index in [1.165, 1.54) is 0 Å². The van der Waals surface area contributed by atoms with Crippen molar-refractivity contribution < 1.29 is 14.9 Å². The molecule has 1 unspecified atom stereocenters. The van der Waals surface area contributed by atoms with E-state index in [1.807, 2.05) is 34.5 Å². The third-order valence-corrected chi connectivity index (χ3v) is 3.87. The van der Waals surface area contributed by atoms with E-state index in [1.54, 1.807) is 25.4 Å². The minimum atomic E-state index is -0.461. The van der Waals surface area contributed by atoms with Crippen LogP contribution in [0.15, 0.2) is 41.8 Å². The van der Waals surface area contributed by atoms with E-state index in [0.29, 0.717) is 19.5 Å². The lowest BCUT2D eigenvalue weighted by atomic mass is 10.1. The van der Waals surface area contributed by atoms with Crippen LogP contribution in [0.25, 0.3) is 5.70 Å². The fourth-order valence-corrected chi connectivity index (χ4v) is 2.81. The molecule has 0 saturated carbocycles. The number of hydrogen-bond donors (Lipinski definition) is 2. The van der Waals surface area contributed by atoms with Gasteiger partial charge in [0.05, 0.1) is 18.1 Å². The van der Waals surface area contributed by atoms with Crippen molar-refractivity contribution in [1.29, 1.82) is 0 Å². The lowest BCUT2D eigenvalue weighted by Gasteiger charge is -2.11. The Kier molecular flexibility index (Phi) is 4.25. The summed E-state index contributed by atoms with van der Waals surface area (Å²) in [6.45, 7) is 3.02. The average Bonchev–Trinajstić information content (AvgIpc) is 3.06. The highest BCUT2D eigenvalue weighted by atomic mass is 16.3. The third-order valence-electron chi connectivity index (χ3n) is 3.87. The van der Waals surface area contributed by atoms with Crippen LogP contribution in [0.5, 0.6) is 5.75 Å². The van der Waals surface area contributed by atoms with E-state index >= 15 is 0 Å². The summed E-state index contributed by atoms with van der Waals surface area (Å²) in [4.78, 5) is 4.54. The van der Waals surface area contributed by atoms with Gasteiger partial charge >= 0.3 is 0 Å². The maximum absolute atomic E-state index is 9.85. The van der Waals surface area contributed by atoms with Crippen molar-refractivity contribution in [2.75, 3.05) is 13.6 Å². The zero-order valence-electron chi connectivity index (χ0n) is 13.3. The van der Waals surface area contributed by atoms with Crippen LogP contribution in [0.1, 0.15) is 23.9 Å². The van der Waals surface area contributed by atoms with E-state index in [-0.39, 0.29) is 5.75 Å². The second-order valence-corrected chi connectivity index (χ2v) is 5.83. The summed E-state index contributed by atoms with van der Waals surface area (Å²) in [5.74, 6) is 0.247. The summed E-state index contributed by atoms with van der Waals surface area (Å²) in [6.07, 6.45) is 3.87. The van der Waals surface area contributed by atoms with Crippen molar-refractivity contribution in [1.82, 2.24) is 9.55 Å². The smallest absolute Gasteiger partial charge is 0.256 e. The van der Waals surface area contributed by atoms with Crippen LogP contribution in [0.3, 0.4) is 0 Å². The molecule has 0 radical (unpaired) electrons. The Morgan fingerprint density at radius 2 is 2.22 bits per heavy atom. The monoisotopic (exact) mass is 313 g/mol. The number of benzene rings is 1. The third kappa shape index (κ3) is 3.32. The quantitative estimate of drug-likeness (QED) is 0.829. The number of rotatable bonds is 5. The van der Waals surface area contributed by atoms with Gasteiger partial charge in [-0.3, -0.25) is 0 Å². The molecule has 2 aromatic rings. The number of hydrogen-bond acceptors (Lipinski definition) is 4. The van der Waals surface area contributed by atoms with Gasteiger partial charge in [0, 0.05) is 19.0 Å². The van der Waals surface area contributed by atoms with Crippen molar-refractivity contribution in [2.24, 2.45) is 5.11 Å². The molecule has 1 aliphatic rings. The Labute approximate surface area is 135 Å². The summed E-state index contributed by atoms with van der Waals surface area (Å²) >= 11 is 0. The number of aliphatic hydroxyl groups excluding tert-OH is 1. The molecule has 1 aromatic carbocycles. The molecule has 0 amide bonds. The zero-order chi connectivity index (χ0) is 16.4. The Morgan fingerprint density at radius 1 is 1.39 bits per heavy atom. The number of azo groups is 2. The molecule has 6 nitrogen and oxygen atoms in total. The molecule has 0 aliphatic carbocycles. The Bertz CT molecular complexity index is 775. The van der Waals surface area contributed by atoms with Gasteiger partial charge in [-0.25, -0.2) is 4.98 Å². The van der Waals surface area contributed by atoms with Gasteiger partial charge in [-0.05, 0) is 29.7 Å². The number of imidazole rings is 1. The summed E-state index contributed by atoms with van der Waals surface area (Å²) in [7, 11) is 1.90. The van der Waals surface area contributed by atoms with Crippen LogP contribution >= 0.6 is 0 Å². The van der Waals surface area contributed by atoms with E-state index in [9.17, 15) is 10.2 Å². The van der Waals surface area contributed by atoms with E-state index in [4.69, 9.17) is 0 Å². The molecule has 0 bridgehead atoms. The van der Waals surface area contributed by atoms with Crippen molar-refractivity contribution in [3.05, 3.63) is 53.6 Å². The first-order valence-corrected chi connectivity index (χ1v) is 7.66. The minimum Gasteiger partial charge on any atom is -0.508 e. The summed E-state index contributed by atoms with van der Waals surface area (Å²) < 4.78 is 3.84. The van der Waals surface area contributed by atoms with Crippen LogP contribution in [0.2, 0.25) is 0 Å². The van der Waals surface area contributed by atoms with Crippen molar-refractivity contribution in [3.63, 3.8) is 0 Å². The summed E-state index contributed by atoms with van der Waals surface area (Å²) in [6, 6.07) is 7.17. The topological polar surface area (TPSA) is 73.7 Å². The normalized spacial score (nSPS) is 15.4. The molecule has 6 heteroatoms. The average molecular weight is 313 g/mol. The molecule has 1 aliphatic heterocycles. The van der Waals surface area contributed by atoms with Crippen molar-refractivity contribution in [2.45, 2.75) is 26.0 Å². The highest BCUT2D eigenvalue weighted by molar-refractivity contribution is 5.58. The molecule has 120 valence electrons. The minimum absolute atomic E-state index is 0.247. The molecule has 1 atom stereocenters. The number of aromatic nitrogens is 2. The van der Waals surface area contributed by atoms with E-state index < -0.39 is 6.10 Å². The fraction of sp³-hybridized carbons (Fsp3) is 0.353. The second kappa shape index (κ2) is 6.34. The SMILES string of the molecule is CC(O)Cc1c(C2=CCN=[N+]2C)ncn1Cc1cccc(O)c1. The van der Waals surface area contributed by atoms with Gasteiger partial charge in [-0.2, -0.15) is 0 Å². The number of phenols is 1.